The van der Waals surface area contributed by atoms with Crippen molar-refractivity contribution in [3.05, 3.63) is 34.3 Å². The van der Waals surface area contributed by atoms with Crippen LogP contribution in [0.15, 0.2) is 28.7 Å². The normalized spacial score (nSPS) is 23.0. The first kappa shape index (κ1) is 16.9. The fourth-order valence-corrected chi connectivity index (χ4v) is 3.57. The summed E-state index contributed by atoms with van der Waals surface area (Å²) in [7, 11) is 0. The van der Waals surface area contributed by atoms with E-state index in [0.717, 1.165) is 30.5 Å². The molecule has 1 fully saturated rings. The fraction of sp³-hybridized carbons (Fsp3) is 0.647. The second kappa shape index (κ2) is 6.37. The van der Waals surface area contributed by atoms with Crippen LogP contribution in [-0.2, 0) is 4.74 Å². The molecule has 0 saturated carbocycles. The Hall–Kier alpha value is -0.420. The smallest absolute Gasteiger partial charge is 0.0760 e. The summed E-state index contributed by atoms with van der Waals surface area (Å²) in [6, 6.07) is 8.39. The molecule has 1 unspecified atom stereocenters. The maximum absolute atomic E-state index is 6.32. The van der Waals surface area contributed by atoms with Crippen LogP contribution in [0.25, 0.3) is 0 Å². The number of nitrogens with two attached hydrogens (primary N) is 1. The Bertz CT molecular complexity index is 454. The predicted molar refractivity (Wildman–Crippen MR) is 91.4 cm³/mol. The van der Waals surface area contributed by atoms with Crippen LogP contribution in [-0.4, -0.2) is 35.7 Å². The summed E-state index contributed by atoms with van der Waals surface area (Å²) in [4.78, 5) is 2.47. The van der Waals surface area contributed by atoms with Gasteiger partial charge in [-0.2, -0.15) is 0 Å². The van der Waals surface area contributed by atoms with Gasteiger partial charge in [0, 0.05) is 30.1 Å². The summed E-state index contributed by atoms with van der Waals surface area (Å²) in [6.45, 7) is 11.6. The van der Waals surface area contributed by atoms with Crippen LogP contribution in [0.3, 0.4) is 0 Å². The first-order valence-corrected chi connectivity index (χ1v) is 8.40. The lowest BCUT2D eigenvalue weighted by atomic mass is 9.98. The molecule has 21 heavy (non-hydrogen) atoms. The highest BCUT2D eigenvalue weighted by Crippen LogP contribution is 2.28. The Morgan fingerprint density at radius 3 is 2.19 bits per heavy atom. The number of morpholine rings is 1. The molecule has 118 valence electrons. The highest BCUT2D eigenvalue weighted by atomic mass is 79.9. The van der Waals surface area contributed by atoms with E-state index in [9.17, 15) is 0 Å². The third kappa shape index (κ3) is 5.06. The van der Waals surface area contributed by atoms with Crippen molar-refractivity contribution in [2.75, 3.05) is 19.6 Å². The molecule has 1 aromatic rings. The van der Waals surface area contributed by atoms with Crippen molar-refractivity contribution >= 4 is 15.9 Å². The quantitative estimate of drug-likeness (QED) is 0.895. The second-order valence-corrected chi connectivity index (χ2v) is 8.19. The number of ether oxygens (including phenoxy) is 1. The molecule has 0 aromatic heterocycles. The lowest BCUT2D eigenvalue weighted by Gasteiger charge is -2.47. The van der Waals surface area contributed by atoms with Gasteiger partial charge in [0.25, 0.3) is 0 Å². The topological polar surface area (TPSA) is 38.5 Å². The molecule has 0 radical (unpaired) electrons. The molecule has 1 aliphatic heterocycles. The van der Waals surface area contributed by atoms with Crippen LogP contribution in [0.2, 0.25) is 0 Å². The van der Waals surface area contributed by atoms with Crippen molar-refractivity contribution in [2.24, 2.45) is 5.73 Å². The van der Waals surface area contributed by atoms with Gasteiger partial charge in [-0.3, -0.25) is 4.90 Å². The lowest BCUT2D eigenvalue weighted by Crippen LogP contribution is -2.57. The van der Waals surface area contributed by atoms with Gasteiger partial charge in [0.15, 0.2) is 0 Å². The van der Waals surface area contributed by atoms with Crippen LogP contribution in [0.1, 0.15) is 45.7 Å². The SMILES string of the molecule is CC1(C)CN(CCC(N)c2ccc(Br)cc2)CC(C)(C)O1. The van der Waals surface area contributed by atoms with E-state index in [0.29, 0.717) is 0 Å². The molecule has 0 amide bonds. The van der Waals surface area contributed by atoms with E-state index in [-0.39, 0.29) is 17.2 Å². The summed E-state index contributed by atoms with van der Waals surface area (Å²) in [5.74, 6) is 0. The highest BCUT2D eigenvalue weighted by molar-refractivity contribution is 9.10. The minimum atomic E-state index is -0.0938. The standard InChI is InChI=1S/C17H27BrN2O/c1-16(2)11-20(12-17(3,4)21-16)10-9-15(19)13-5-7-14(18)8-6-13/h5-8,15H,9-12,19H2,1-4H3. The summed E-state index contributed by atoms with van der Waals surface area (Å²) in [5.41, 5.74) is 7.34. The summed E-state index contributed by atoms with van der Waals surface area (Å²) in [6.07, 6.45) is 0.966. The van der Waals surface area contributed by atoms with E-state index >= 15 is 0 Å². The van der Waals surface area contributed by atoms with E-state index in [1.165, 1.54) is 5.56 Å². The van der Waals surface area contributed by atoms with Crippen molar-refractivity contribution in [1.29, 1.82) is 0 Å². The maximum Gasteiger partial charge on any atom is 0.0760 e. The van der Waals surface area contributed by atoms with Gasteiger partial charge in [0.2, 0.25) is 0 Å². The Balaban J connectivity index is 1.91. The van der Waals surface area contributed by atoms with Crippen molar-refractivity contribution in [1.82, 2.24) is 4.90 Å². The molecule has 0 bridgehead atoms. The summed E-state index contributed by atoms with van der Waals surface area (Å²) < 4.78 is 7.21. The highest BCUT2D eigenvalue weighted by Gasteiger charge is 2.37. The Morgan fingerprint density at radius 1 is 1.14 bits per heavy atom. The van der Waals surface area contributed by atoms with E-state index in [4.69, 9.17) is 10.5 Å². The van der Waals surface area contributed by atoms with E-state index in [2.05, 4.69) is 72.8 Å². The first-order valence-electron chi connectivity index (χ1n) is 7.60. The van der Waals surface area contributed by atoms with Crippen molar-refractivity contribution in [3.63, 3.8) is 0 Å². The van der Waals surface area contributed by atoms with Crippen molar-refractivity contribution in [2.45, 2.75) is 51.4 Å². The largest absolute Gasteiger partial charge is 0.367 e. The predicted octanol–water partition coefficient (Wildman–Crippen LogP) is 3.73. The molecule has 1 aromatic carbocycles. The summed E-state index contributed by atoms with van der Waals surface area (Å²) >= 11 is 3.46. The van der Waals surface area contributed by atoms with E-state index in [1.807, 2.05) is 0 Å². The molecule has 3 nitrogen and oxygen atoms in total. The molecule has 1 heterocycles. The third-order valence-corrected chi connectivity index (χ3v) is 4.34. The number of benzene rings is 1. The van der Waals surface area contributed by atoms with Gasteiger partial charge in [0.05, 0.1) is 11.2 Å². The molecular weight excluding hydrogens is 328 g/mol. The molecule has 4 heteroatoms. The maximum atomic E-state index is 6.32. The average Bonchev–Trinajstić information content (AvgIpc) is 2.33. The first-order chi connectivity index (χ1) is 9.67. The minimum absolute atomic E-state index is 0.0900. The van der Waals surface area contributed by atoms with Gasteiger partial charge in [-0.25, -0.2) is 0 Å². The molecule has 1 atom stereocenters. The zero-order valence-corrected chi connectivity index (χ0v) is 15.1. The van der Waals surface area contributed by atoms with Gasteiger partial charge in [-0.05, 0) is 51.8 Å². The van der Waals surface area contributed by atoms with Gasteiger partial charge in [-0.15, -0.1) is 0 Å². The Kier molecular flexibility index (Phi) is 5.14. The zero-order chi connectivity index (χ0) is 15.7. The van der Waals surface area contributed by atoms with Gasteiger partial charge < -0.3 is 10.5 Å². The molecule has 0 spiro atoms. The molecular formula is C17H27BrN2O. The molecule has 1 aliphatic rings. The van der Waals surface area contributed by atoms with Crippen LogP contribution < -0.4 is 5.73 Å². The van der Waals surface area contributed by atoms with Crippen LogP contribution >= 0.6 is 15.9 Å². The van der Waals surface area contributed by atoms with E-state index in [1.54, 1.807) is 0 Å². The number of halogens is 1. The second-order valence-electron chi connectivity index (χ2n) is 7.28. The van der Waals surface area contributed by atoms with E-state index < -0.39 is 0 Å². The molecule has 1 saturated heterocycles. The van der Waals surface area contributed by atoms with Gasteiger partial charge in [0.1, 0.15) is 0 Å². The lowest BCUT2D eigenvalue weighted by molar-refractivity contribution is -0.180. The Morgan fingerprint density at radius 2 is 1.67 bits per heavy atom. The number of hydrogen-bond donors (Lipinski definition) is 1. The third-order valence-electron chi connectivity index (χ3n) is 3.82. The van der Waals surface area contributed by atoms with Crippen molar-refractivity contribution < 1.29 is 4.74 Å². The van der Waals surface area contributed by atoms with Crippen LogP contribution in [0.5, 0.6) is 0 Å². The molecule has 2 rings (SSSR count). The Labute approximate surface area is 137 Å². The van der Waals surface area contributed by atoms with Crippen LogP contribution in [0, 0.1) is 0 Å². The average molecular weight is 355 g/mol. The van der Waals surface area contributed by atoms with Crippen LogP contribution in [0.4, 0.5) is 0 Å². The van der Waals surface area contributed by atoms with Crippen molar-refractivity contribution in [3.8, 4) is 0 Å². The number of rotatable bonds is 4. The zero-order valence-electron chi connectivity index (χ0n) is 13.5. The van der Waals surface area contributed by atoms with Gasteiger partial charge in [-0.1, -0.05) is 28.1 Å². The number of nitrogens with zero attached hydrogens (tertiary/aromatic N) is 1. The minimum Gasteiger partial charge on any atom is -0.367 e. The summed E-state index contributed by atoms with van der Waals surface area (Å²) in [5, 5.41) is 0. The monoisotopic (exact) mass is 354 g/mol. The fourth-order valence-electron chi connectivity index (χ4n) is 3.30. The number of hydrogen-bond acceptors (Lipinski definition) is 3. The molecule has 0 aliphatic carbocycles. The van der Waals surface area contributed by atoms with Gasteiger partial charge >= 0.3 is 0 Å². The molecule has 2 N–H and O–H groups in total.